The van der Waals surface area contributed by atoms with Gasteiger partial charge >= 0.3 is 5.76 Å². The number of likely N-dealkylation sites (tertiary alicyclic amines) is 1. The van der Waals surface area contributed by atoms with E-state index in [1.54, 1.807) is 0 Å². The summed E-state index contributed by atoms with van der Waals surface area (Å²) in [7, 11) is -4.45. The van der Waals surface area contributed by atoms with Gasteiger partial charge in [0.05, 0.1) is 0 Å². The van der Waals surface area contributed by atoms with Crippen LogP contribution in [-0.2, 0) is 10.0 Å². The van der Waals surface area contributed by atoms with E-state index in [1.807, 2.05) is 6.92 Å². The number of rotatable bonds is 6. The van der Waals surface area contributed by atoms with Crippen LogP contribution in [0.25, 0.3) is 0 Å². The number of alkyl halides is 2. The first-order valence-corrected chi connectivity index (χ1v) is 11.0. The van der Waals surface area contributed by atoms with Gasteiger partial charge in [0.25, 0.3) is 10.0 Å². The van der Waals surface area contributed by atoms with E-state index in [2.05, 4.69) is 24.1 Å². The molecule has 0 aromatic carbocycles. The summed E-state index contributed by atoms with van der Waals surface area (Å²) < 4.78 is 49.3. The zero-order valence-electron chi connectivity index (χ0n) is 16.0. The van der Waals surface area contributed by atoms with E-state index in [4.69, 9.17) is 4.99 Å². The fourth-order valence-electron chi connectivity index (χ4n) is 3.59. The topological polar surface area (TPSA) is 65.0 Å². The average Bonchev–Trinajstić information content (AvgIpc) is 3.01. The molecule has 2 saturated heterocycles. The zero-order valence-corrected chi connectivity index (χ0v) is 16.9. The van der Waals surface area contributed by atoms with Crippen molar-refractivity contribution in [1.29, 1.82) is 0 Å². The smallest absolute Gasteiger partial charge is 0.350 e. The molecule has 0 aromatic heterocycles. The molecule has 2 rings (SSSR count). The summed E-state index contributed by atoms with van der Waals surface area (Å²) in [5, 5.41) is 3.34. The molecule has 152 valence electrons. The monoisotopic (exact) mass is 394 g/mol. The van der Waals surface area contributed by atoms with Crippen LogP contribution < -0.4 is 5.32 Å². The predicted octanol–water partition coefficient (Wildman–Crippen LogP) is 2.34. The van der Waals surface area contributed by atoms with Gasteiger partial charge in [-0.15, -0.1) is 0 Å². The van der Waals surface area contributed by atoms with Gasteiger partial charge in [0.2, 0.25) is 0 Å². The maximum absolute atomic E-state index is 12.6. The lowest BCUT2D eigenvalue weighted by Crippen LogP contribution is -2.43. The van der Waals surface area contributed by atoms with Gasteiger partial charge in [0, 0.05) is 39.3 Å². The second-order valence-electron chi connectivity index (χ2n) is 7.68. The van der Waals surface area contributed by atoms with E-state index in [9.17, 15) is 17.2 Å². The van der Waals surface area contributed by atoms with Crippen LogP contribution in [0.1, 0.15) is 46.5 Å². The fraction of sp³-hybridized carbons (Fsp3) is 0.941. The van der Waals surface area contributed by atoms with E-state index >= 15 is 0 Å². The highest BCUT2D eigenvalue weighted by molar-refractivity contribution is 7.89. The van der Waals surface area contributed by atoms with E-state index < -0.39 is 15.8 Å². The number of piperidine rings is 1. The van der Waals surface area contributed by atoms with Crippen molar-refractivity contribution >= 4 is 16.0 Å². The van der Waals surface area contributed by atoms with Gasteiger partial charge in [-0.1, -0.05) is 13.8 Å². The van der Waals surface area contributed by atoms with E-state index in [0.717, 1.165) is 42.7 Å². The molecule has 0 bridgehead atoms. The molecule has 0 aliphatic carbocycles. The second kappa shape index (κ2) is 8.82. The Balaban J connectivity index is 1.91. The van der Waals surface area contributed by atoms with Gasteiger partial charge in [-0.2, -0.15) is 13.1 Å². The Labute approximate surface area is 156 Å². The Kier molecular flexibility index (Phi) is 7.24. The van der Waals surface area contributed by atoms with Crippen LogP contribution in [0.3, 0.4) is 0 Å². The van der Waals surface area contributed by atoms with Crippen LogP contribution in [0.2, 0.25) is 0 Å². The molecule has 2 aliphatic heterocycles. The molecule has 0 amide bonds. The number of hydrogen-bond donors (Lipinski definition) is 1. The summed E-state index contributed by atoms with van der Waals surface area (Å²) in [6, 6.07) is 0. The number of sulfonamides is 1. The van der Waals surface area contributed by atoms with Crippen molar-refractivity contribution in [3.05, 3.63) is 0 Å². The fourth-order valence-corrected chi connectivity index (χ4v) is 4.54. The van der Waals surface area contributed by atoms with Crippen LogP contribution in [0.5, 0.6) is 0 Å². The molecule has 1 unspecified atom stereocenters. The predicted molar refractivity (Wildman–Crippen MR) is 99.8 cm³/mol. The molecule has 0 radical (unpaired) electrons. The number of guanidine groups is 1. The van der Waals surface area contributed by atoms with Crippen molar-refractivity contribution in [2.45, 2.75) is 52.2 Å². The lowest BCUT2D eigenvalue weighted by molar-refractivity contribution is 0.205. The SMILES string of the molecule is CCNC(=NCC1CCN(S(=O)(=O)C(F)F)CC1)N1CCC(C)(CC)C1. The second-order valence-corrected chi connectivity index (χ2v) is 9.58. The van der Waals surface area contributed by atoms with Crippen molar-refractivity contribution in [2.75, 3.05) is 39.3 Å². The summed E-state index contributed by atoms with van der Waals surface area (Å²) >= 11 is 0. The molecule has 2 aliphatic rings. The summed E-state index contributed by atoms with van der Waals surface area (Å²) in [4.78, 5) is 7.05. The van der Waals surface area contributed by atoms with Gasteiger partial charge in [0.1, 0.15) is 0 Å². The molecule has 26 heavy (non-hydrogen) atoms. The molecule has 0 spiro atoms. The minimum Gasteiger partial charge on any atom is -0.357 e. The van der Waals surface area contributed by atoms with Crippen LogP contribution in [0, 0.1) is 11.3 Å². The molecule has 2 fully saturated rings. The summed E-state index contributed by atoms with van der Waals surface area (Å²) in [6.45, 7) is 10.2. The molecule has 2 heterocycles. The third kappa shape index (κ3) is 5.06. The maximum Gasteiger partial charge on any atom is 0.350 e. The molecule has 6 nitrogen and oxygen atoms in total. The van der Waals surface area contributed by atoms with Crippen molar-refractivity contribution in [3.8, 4) is 0 Å². The number of halogens is 2. The highest BCUT2D eigenvalue weighted by Crippen LogP contribution is 2.33. The van der Waals surface area contributed by atoms with Crippen LogP contribution in [0.4, 0.5) is 8.78 Å². The first kappa shape index (κ1) is 21.3. The lowest BCUT2D eigenvalue weighted by atomic mass is 9.87. The number of aliphatic imine (C=N–C) groups is 1. The van der Waals surface area contributed by atoms with Crippen LogP contribution >= 0.6 is 0 Å². The average molecular weight is 395 g/mol. The Morgan fingerprint density at radius 1 is 1.27 bits per heavy atom. The number of hydrogen-bond acceptors (Lipinski definition) is 3. The first-order chi connectivity index (χ1) is 12.2. The normalized spacial score (nSPS) is 26.7. The standard InChI is InChI=1S/C17H32F2N4O2S/c1-4-17(3)8-11-22(13-17)16(20-5-2)21-12-14-6-9-23(10-7-14)26(24,25)15(18)19/h14-15H,4-13H2,1-3H3,(H,20,21). The summed E-state index contributed by atoms with van der Waals surface area (Å²) in [6.07, 6.45) is 3.43. The van der Waals surface area contributed by atoms with Crippen molar-refractivity contribution < 1.29 is 17.2 Å². The third-order valence-corrected chi connectivity index (χ3v) is 7.24. The highest BCUT2D eigenvalue weighted by Gasteiger charge is 2.35. The quantitative estimate of drug-likeness (QED) is 0.555. The molecule has 0 aromatic rings. The van der Waals surface area contributed by atoms with Crippen LogP contribution in [-0.4, -0.2) is 68.6 Å². The van der Waals surface area contributed by atoms with Gasteiger partial charge in [0.15, 0.2) is 5.96 Å². The molecular formula is C17H32F2N4O2S. The Bertz CT molecular complexity index is 592. The Morgan fingerprint density at radius 2 is 1.92 bits per heavy atom. The van der Waals surface area contributed by atoms with Crippen molar-refractivity contribution in [3.63, 3.8) is 0 Å². The van der Waals surface area contributed by atoms with E-state index in [1.165, 1.54) is 0 Å². The molecule has 1 atom stereocenters. The molecule has 9 heteroatoms. The van der Waals surface area contributed by atoms with Crippen molar-refractivity contribution in [2.24, 2.45) is 16.3 Å². The Morgan fingerprint density at radius 3 is 2.42 bits per heavy atom. The Hall–Kier alpha value is -0.960. The molecule has 0 saturated carbocycles. The van der Waals surface area contributed by atoms with Gasteiger partial charge in [-0.25, -0.2) is 8.42 Å². The number of nitrogens with zero attached hydrogens (tertiary/aromatic N) is 3. The largest absolute Gasteiger partial charge is 0.357 e. The minimum absolute atomic E-state index is 0.154. The summed E-state index contributed by atoms with van der Waals surface area (Å²) in [5.41, 5.74) is 0.325. The highest BCUT2D eigenvalue weighted by atomic mass is 32.2. The lowest BCUT2D eigenvalue weighted by Gasteiger charge is -2.30. The maximum atomic E-state index is 12.6. The van der Waals surface area contributed by atoms with E-state index in [0.29, 0.717) is 24.8 Å². The van der Waals surface area contributed by atoms with Crippen LogP contribution in [0.15, 0.2) is 4.99 Å². The summed E-state index contributed by atoms with van der Waals surface area (Å²) in [5.74, 6) is -2.19. The van der Waals surface area contributed by atoms with Gasteiger partial charge < -0.3 is 10.2 Å². The minimum atomic E-state index is -4.45. The third-order valence-electron chi connectivity index (χ3n) is 5.70. The molecular weight excluding hydrogens is 362 g/mol. The zero-order chi connectivity index (χ0) is 19.4. The number of nitrogens with one attached hydrogen (secondary N) is 1. The first-order valence-electron chi connectivity index (χ1n) is 9.52. The van der Waals surface area contributed by atoms with Gasteiger partial charge in [-0.3, -0.25) is 4.99 Å². The van der Waals surface area contributed by atoms with E-state index in [-0.39, 0.29) is 19.0 Å². The van der Waals surface area contributed by atoms with Crippen molar-refractivity contribution in [1.82, 2.24) is 14.5 Å². The molecule has 1 N–H and O–H groups in total. The van der Waals surface area contributed by atoms with Gasteiger partial charge in [-0.05, 0) is 43.9 Å².